The average molecular weight is 237 g/mol. The number of ether oxygens (including phenoxy) is 1. The van der Waals surface area contributed by atoms with Gasteiger partial charge in [0.1, 0.15) is 11.6 Å². The maximum Gasteiger partial charge on any atom is 0.252 e. The Labute approximate surface area is 101 Å². The molecule has 5 nitrogen and oxygen atoms in total. The van der Waals surface area contributed by atoms with Gasteiger partial charge in [-0.15, -0.1) is 0 Å². The van der Waals surface area contributed by atoms with Crippen molar-refractivity contribution in [1.29, 1.82) is 0 Å². The molecule has 0 spiro atoms. The minimum absolute atomic E-state index is 0.0976. The molecular weight excluding hydrogens is 218 g/mol. The number of methoxy groups -OCH3 is 1. The number of nitrogens with zero attached hydrogens (tertiary/aromatic N) is 1. The molecule has 0 bridgehead atoms. The van der Waals surface area contributed by atoms with Crippen LogP contribution in [0.4, 0.5) is 5.82 Å². The highest BCUT2D eigenvalue weighted by molar-refractivity contribution is 5.34. The van der Waals surface area contributed by atoms with E-state index in [4.69, 9.17) is 4.74 Å². The van der Waals surface area contributed by atoms with E-state index in [9.17, 15) is 4.79 Å². The largest absolute Gasteiger partial charge is 0.377 e. The van der Waals surface area contributed by atoms with Gasteiger partial charge in [0.2, 0.25) is 0 Å². The Morgan fingerprint density at radius 3 is 2.88 bits per heavy atom. The fourth-order valence-electron chi connectivity index (χ4n) is 1.49. The third kappa shape index (κ3) is 3.30. The van der Waals surface area contributed by atoms with Crippen molar-refractivity contribution in [3.8, 4) is 0 Å². The second kappa shape index (κ2) is 4.49. The van der Waals surface area contributed by atoms with Gasteiger partial charge in [0.15, 0.2) is 0 Å². The summed E-state index contributed by atoms with van der Waals surface area (Å²) >= 11 is 0. The minimum Gasteiger partial charge on any atom is -0.377 e. The highest BCUT2D eigenvalue weighted by Crippen LogP contribution is 2.37. The Morgan fingerprint density at radius 1 is 1.59 bits per heavy atom. The van der Waals surface area contributed by atoms with Crippen molar-refractivity contribution in [2.75, 3.05) is 19.0 Å². The van der Waals surface area contributed by atoms with Crippen molar-refractivity contribution in [2.45, 2.75) is 38.2 Å². The molecule has 1 aliphatic rings. The van der Waals surface area contributed by atoms with Crippen LogP contribution in [-0.4, -0.2) is 29.2 Å². The first-order chi connectivity index (χ1) is 8.00. The second-order valence-electron chi connectivity index (χ2n) is 5.11. The molecule has 1 aromatic rings. The molecule has 0 amide bonds. The zero-order valence-electron chi connectivity index (χ0n) is 10.5. The minimum atomic E-state index is -0.274. The first-order valence-corrected chi connectivity index (χ1v) is 5.90. The number of H-pyrrole nitrogens is 1. The predicted octanol–water partition coefficient (Wildman–Crippen LogP) is 1.48. The highest BCUT2D eigenvalue weighted by atomic mass is 16.5. The number of rotatable bonds is 5. The first-order valence-electron chi connectivity index (χ1n) is 5.90. The van der Waals surface area contributed by atoms with Crippen LogP contribution in [0, 0.1) is 0 Å². The van der Waals surface area contributed by atoms with Crippen LogP contribution in [0.25, 0.3) is 0 Å². The zero-order chi connectivity index (χ0) is 12.5. The lowest BCUT2D eigenvalue weighted by molar-refractivity contribution is 0.0343. The molecule has 2 rings (SSSR count). The lowest BCUT2D eigenvalue weighted by Crippen LogP contribution is -2.32. The van der Waals surface area contributed by atoms with Crippen LogP contribution >= 0.6 is 0 Å². The van der Waals surface area contributed by atoms with Gasteiger partial charge in [0, 0.05) is 25.6 Å². The van der Waals surface area contributed by atoms with Crippen LogP contribution in [-0.2, 0) is 4.74 Å². The molecule has 0 saturated heterocycles. The molecule has 1 aliphatic carbocycles. The maximum absolute atomic E-state index is 11.5. The quantitative estimate of drug-likeness (QED) is 0.814. The van der Waals surface area contributed by atoms with Crippen molar-refractivity contribution in [2.24, 2.45) is 0 Å². The van der Waals surface area contributed by atoms with Crippen LogP contribution in [0.15, 0.2) is 10.9 Å². The van der Waals surface area contributed by atoms with E-state index in [1.165, 1.54) is 6.07 Å². The van der Waals surface area contributed by atoms with E-state index in [1.807, 2.05) is 13.8 Å². The smallest absolute Gasteiger partial charge is 0.252 e. The van der Waals surface area contributed by atoms with Gasteiger partial charge in [0.25, 0.3) is 5.56 Å². The van der Waals surface area contributed by atoms with Crippen LogP contribution < -0.4 is 10.9 Å². The lowest BCUT2D eigenvalue weighted by Gasteiger charge is -2.23. The standard InChI is InChI=1S/C12H19N3O2/c1-12(2,17-3)7-13-9-6-10(16)15-11(14-9)8-4-5-8/h6,8H,4-5,7H2,1-3H3,(H2,13,14,15,16). The number of hydrogen-bond acceptors (Lipinski definition) is 4. The Hall–Kier alpha value is -1.36. The Balaban J connectivity index is 2.07. The van der Waals surface area contributed by atoms with Crippen LogP contribution in [0.1, 0.15) is 38.4 Å². The number of aromatic nitrogens is 2. The van der Waals surface area contributed by atoms with Crippen molar-refractivity contribution < 1.29 is 4.74 Å². The molecule has 0 unspecified atom stereocenters. The predicted molar refractivity (Wildman–Crippen MR) is 66.4 cm³/mol. The van der Waals surface area contributed by atoms with E-state index in [2.05, 4.69) is 15.3 Å². The summed E-state index contributed by atoms with van der Waals surface area (Å²) in [5.41, 5.74) is -0.371. The summed E-state index contributed by atoms with van der Waals surface area (Å²) < 4.78 is 5.30. The van der Waals surface area contributed by atoms with Gasteiger partial charge in [-0.05, 0) is 26.7 Å². The number of hydrogen-bond donors (Lipinski definition) is 2. The summed E-state index contributed by atoms with van der Waals surface area (Å²) in [6.07, 6.45) is 2.24. The summed E-state index contributed by atoms with van der Waals surface area (Å²) in [5, 5.41) is 3.14. The molecular formula is C12H19N3O2. The molecule has 1 heterocycles. The molecule has 0 aliphatic heterocycles. The van der Waals surface area contributed by atoms with E-state index in [1.54, 1.807) is 7.11 Å². The van der Waals surface area contributed by atoms with Gasteiger partial charge >= 0.3 is 0 Å². The van der Waals surface area contributed by atoms with Crippen LogP contribution in [0.5, 0.6) is 0 Å². The second-order valence-corrected chi connectivity index (χ2v) is 5.11. The SMILES string of the molecule is COC(C)(C)CNc1cc(=O)[nH]c(C2CC2)n1. The maximum atomic E-state index is 11.5. The third-order valence-corrected chi connectivity index (χ3v) is 2.97. The Kier molecular flexibility index (Phi) is 3.19. The lowest BCUT2D eigenvalue weighted by atomic mass is 10.1. The van der Waals surface area contributed by atoms with Crippen molar-refractivity contribution >= 4 is 5.82 Å². The molecule has 1 fully saturated rings. The summed E-state index contributed by atoms with van der Waals surface area (Å²) in [6.45, 7) is 4.58. The highest BCUT2D eigenvalue weighted by Gasteiger charge is 2.26. The summed E-state index contributed by atoms with van der Waals surface area (Å²) in [7, 11) is 1.67. The molecule has 2 N–H and O–H groups in total. The van der Waals surface area contributed by atoms with Crippen molar-refractivity contribution in [1.82, 2.24) is 9.97 Å². The summed E-state index contributed by atoms with van der Waals surface area (Å²) in [5.74, 6) is 1.87. The topological polar surface area (TPSA) is 67.0 Å². The van der Waals surface area contributed by atoms with Crippen molar-refractivity contribution in [3.05, 3.63) is 22.2 Å². The average Bonchev–Trinajstić information content (AvgIpc) is 3.10. The summed E-state index contributed by atoms with van der Waals surface area (Å²) in [6, 6.07) is 1.48. The Morgan fingerprint density at radius 2 is 2.29 bits per heavy atom. The van der Waals surface area contributed by atoms with E-state index < -0.39 is 0 Å². The monoisotopic (exact) mass is 237 g/mol. The van der Waals surface area contributed by atoms with Gasteiger partial charge in [-0.2, -0.15) is 0 Å². The third-order valence-electron chi connectivity index (χ3n) is 2.97. The molecule has 0 radical (unpaired) electrons. The van der Waals surface area contributed by atoms with Crippen LogP contribution in [0.2, 0.25) is 0 Å². The Bertz CT molecular complexity index is 449. The molecule has 94 valence electrons. The molecule has 1 aromatic heterocycles. The fraction of sp³-hybridized carbons (Fsp3) is 0.667. The van der Waals surface area contributed by atoms with Gasteiger partial charge in [-0.25, -0.2) is 4.98 Å². The molecule has 0 aromatic carbocycles. The summed E-state index contributed by atoms with van der Waals surface area (Å²) in [4.78, 5) is 18.7. The zero-order valence-corrected chi connectivity index (χ0v) is 10.5. The van der Waals surface area contributed by atoms with Crippen molar-refractivity contribution in [3.63, 3.8) is 0 Å². The normalized spacial score (nSPS) is 15.9. The van der Waals surface area contributed by atoms with E-state index in [-0.39, 0.29) is 11.2 Å². The fourth-order valence-corrected chi connectivity index (χ4v) is 1.49. The molecule has 1 saturated carbocycles. The van der Waals surface area contributed by atoms with E-state index >= 15 is 0 Å². The molecule has 5 heteroatoms. The van der Waals surface area contributed by atoms with Gasteiger partial charge in [-0.1, -0.05) is 0 Å². The van der Waals surface area contributed by atoms with Gasteiger partial charge in [0.05, 0.1) is 5.60 Å². The van der Waals surface area contributed by atoms with Gasteiger partial charge in [-0.3, -0.25) is 4.79 Å². The first kappa shape index (κ1) is 12.1. The number of aromatic amines is 1. The van der Waals surface area contributed by atoms with Gasteiger partial charge < -0.3 is 15.0 Å². The van der Waals surface area contributed by atoms with E-state index in [0.29, 0.717) is 18.3 Å². The van der Waals surface area contributed by atoms with E-state index in [0.717, 1.165) is 18.7 Å². The molecule has 17 heavy (non-hydrogen) atoms. The number of nitrogens with one attached hydrogen (secondary N) is 2. The number of anilines is 1. The van der Waals surface area contributed by atoms with Crippen LogP contribution in [0.3, 0.4) is 0 Å². The molecule has 0 atom stereocenters.